The molecule has 0 aromatic carbocycles. The van der Waals surface area contributed by atoms with Gasteiger partial charge in [-0.25, -0.2) is 9.78 Å². The number of Topliss-reactive ketones (excluding diaryl/α,β-unsaturated/α-hetero) is 1. The minimum absolute atomic E-state index is 0.0463. The van der Waals surface area contributed by atoms with Gasteiger partial charge in [0, 0.05) is 12.4 Å². The van der Waals surface area contributed by atoms with Crippen LogP contribution in [-0.4, -0.2) is 34.5 Å². The summed E-state index contributed by atoms with van der Waals surface area (Å²) in [6.07, 6.45) is 2.98. The third kappa shape index (κ3) is 2.88. The molecule has 82 valence electrons. The monoisotopic (exact) mass is 211 g/mol. The number of aromatic nitrogens is 2. The van der Waals surface area contributed by atoms with Gasteiger partial charge in [-0.1, -0.05) is 0 Å². The highest BCUT2D eigenvalue weighted by Crippen LogP contribution is 2.00. The van der Waals surface area contributed by atoms with Gasteiger partial charge in [-0.2, -0.15) is 0 Å². The second-order valence-electron chi connectivity index (χ2n) is 2.84. The SMILES string of the molecule is CCOC(=O)c1nccn1CC(=O)CN. The molecule has 0 radical (unpaired) electrons. The number of carbonyl (C=O) groups excluding carboxylic acids is 2. The highest BCUT2D eigenvalue weighted by atomic mass is 16.5. The van der Waals surface area contributed by atoms with Crippen molar-refractivity contribution in [1.82, 2.24) is 9.55 Å². The number of ketones is 1. The van der Waals surface area contributed by atoms with Crippen molar-refractivity contribution in [1.29, 1.82) is 0 Å². The number of nitrogens with two attached hydrogens (primary N) is 1. The van der Waals surface area contributed by atoms with Crippen molar-refractivity contribution < 1.29 is 14.3 Å². The lowest BCUT2D eigenvalue weighted by Gasteiger charge is -2.05. The van der Waals surface area contributed by atoms with Crippen molar-refractivity contribution in [3.8, 4) is 0 Å². The number of esters is 1. The van der Waals surface area contributed by atoms with Crippen LogP contribution in [0.5, 0.6) is 0 Å². The number of imidazole rings is 1. The normalized spacial score (nSPS) is 10.0. The molecule has 1 aromatic heterocycles. The molecule has 15 heavy (non-hydrogen) atoms. The zero-order valence-electron chi connectivity index (χ0n) is 8.47. The summed E-state index contributed by atoms with van der Waals surface area (Å²) in [5, 5.41) is 0. The van der Waals surface area contributed by atoms with E-state index in [4.69, 9.17) is 10.5 Å². The zero-order chi connectivity index (χ0) is 11.3. The highest BCUT2D eigenvalue weighted by molar-refractivity contribution is 5.87. The summed E-state index contributed by atoms with van der Waals surface area (Å²) >= 11 is 0. The number of rotatable bonds is 5. The molecule has 1 rings (SSSR count). The summed E-state index contributed by atoms with van der Waals surface area (Å²) in [6, 6.07) is 0. The molecule has 0 unspecified atom stereocenters. The van der Waals surface area contributed by atoms with Gasteiger partial charge in [0.25, 0.3) is 0 Å². The Balaban J connectivity index is 2.77. The zero-order valence-corrected chi connectivity index (χ0v) is 8.47. The molecule has 6 heteroatoms. The molecule has 0 atom stereocenters. The van der Waals surface area contributed by atoms with Gasteiger partial charge >= 0.3 is 5.97 Å². The molecule has 2 N–H and O–H groups in total. The molecule has 0 saturated heterocycles. The van der Waals surface area contributed by atoms with Crippen LogP contribution in [0.25, 0.3) is 0 Å². The van der Waals surface area contributed by atoms with Gasteiger partial charge in [0.05, 0.1) is 19.7 Å². The Hall–Kier alpha value is -1.69. The molecule has 6 nitrogen and oxygen atoms in total. The first kappa shape index (κ1) is 11.4. The van der Waals surface area contributed by atoms with Crippen LogP contribution < -0.4 is 5.73 Å². The fourth-order valence-electron chi connectivity index (χ4n) is 1.08. The minimum Gasteiger partial charge on any atom is -0.460 e. The molecule has 0 aliphatic rings. The van der Waals surface area contributed by atoms with Gasteiger partial charge in [-0.3, -0.25) is 4.79 Å². The Morgan fingerprint density at radius 2 is 2.33 bits per heavy atom. The Bertz CT molecular complexity index is 359. The molecule has 0 spiro atoms. The van der Waals surface area contributed by atoms with Gasteiger partial charge in [0.1, 0.15) is 0 Å². The molecule has 1 aromatic rings. The van der Waals surface area contributed by atoms with E-state index in [1.54, 1.807) is 13.1 Å². The molecule has 1 heterocycles. The van der Waals surface area contributed by atoms with Crippen molar-refractivity contribution in [2.45, 2.75) is 13.5 Å². The third-order valence-corrected chi connectivity index (χ3v) is 1.75. The van der Waals surface area contributed by atoms with Crippen molar-refractivity contribution in [2.24, 2.45) is 5.73 Å². The average Bonchev–Trinajstić information content (AvgIpc) is 2.66. The van der Waals surface area contributed by atoms with E-state index in [1.807, 2.05) is 0 Å². The largest absolute Gasteiger partial charge is 0.460 e. The van der Waals surface area contributed by atoms with Crippen molar-refractivity contribution in [3.63, 3.8) is 0 Å². The second-order valence-corrected chi connectivity index (χ2v) is 2.84. The van der Waals surface area contributed by atoms with Gasteiger partial charge in [-0.05, 0) is 6.92 Å². The Labute approximate surface area is 87.0 Å². The molecular weight excluding hydrogens is 198 g/mol. The maximum atomic E-state index is 11.3. The maximum Gasteiger partial charge on any atom is 0.374 e. The highest BCUT2D eigenvalue weighted by Gasteiger charge is 2.14. The predicted octanol–water partition coefficient (Wildman–Crippen LogP) is -0.412. The average molecular weight is 211 g/mol. The van der Waals surface area contributed by atoms with Crippen LogP contribution in [0, 0.1) is 0 Å². The quantitative estimate of drug-likeness (QED) is 0.669. The topological polar surface area (TPSA) is 87.2 Å². The number of ether oxygens (including phenoxy) is 1. The summed E-state index contributed by atoms with van der Waals surface area (Å²) in [7, 11) is 0. The molecule has 0 aliphatic carbocycles. The fourth-order valence-corrected chi connectivity index (χ4v) is 1.08. The second kappa shape index (κ2) is 5.26. The Morgan fingerprint density at radius 1 is 1.60 bits per heavy atom. The first-order chi connectivity index (χ1) is 7.19. The van der Waals surface area contributed by atoms with Crippen LogP contribution >= 0.6 is 0 Å². The molecular formula is C9H13N3O3. The van der Waals surface area contributed by atoms with Gasteiger partial charge in [-0.15, -0.1) is 0 Å². The van der Waals surface area contributed by atoms with E-state index in [0.29, 0.717) is 0 Å². The van der Waals surface area contributed by atoms with Crippen molar-refractivity contribution >= 4 is 11.8 Å². The van der Waals surface area contributed by atoms with Crippen LogP contribution in [0.2, 0.25) is 0 Å². The Kier molecular flexibility index (Phi) is 3.99. The summed E-state index contributed by atoms with van der Waals surface area (Å²) in [5.41, 5.74) is 5.17. The van der Waals surface area contributed by atoms with Gasteiger partial charge < -0.3 is 15.0 Å². The smallest absolute Gasteiger partial charge is 0.374 e. The number of nitrogens with zero attached hydrogens (tertiary/aromatic N) is 2. The van der Waals surface area contributed by atoms with Crippen molar-refractivity contribution in [3.05, 3.63) is 18.2 Å². The van der Waals surface area contributed by atoms with E-state index >= 15 is 0 Å². The number of carbonyl (C=O) groups is 2. The van der Waals surface area contributed by atoms with Crippen molar-refractivity contribution in [2.75, 3.05) is 13.2 Å². The van der Waals surface area contributed by atoms with Crippen LogP contribution in [-0.2, 0) is 16.1 Å². The van der Waals surface area contributed by atoms with E-state index in [1.165, 1.54) is 10.8 Å². The number of hydrogen-bond donors (Lipinski definition) is 1. The molecule has 0 saturated carbocycles. The van der Waals surface area contributed by atoms with Crippen LogP contribution in [0.3, 0.4) is 0 Å². The summed E-state index contributed by atoms with van der Waals surface area (Å²) in [4.78, 5) is 26.3. The first-order valence-corrected chi connectivity index (χ1v) is 4.59. The Morgan fingerprint density at radius 3 is 2.93 bits per heavy atom. The molecule has 0 amide bonds. The molecule has 0 fully saturated rings. The lowest BCUT2D eigenvalue weighted by molar-refractivity contribution is -0.118. The maximum absolute atomic E-state index is 11.3. The van der Waals surface area contributed by atoms with Gasteiger partial charge in [0.15, 0.2) is 5.78 Å². The lowest BCUT2D eigenvalue weighted by atomic mass is 10.4. The predicted molar refractivity (Wildman–Crippen MR) is 52.2 cm³/mol. The third-order valence-electron chi connectivity index (χ3n) is 1.75. The summed E-state index contributed by atoms with van der Waals surface area (Å²) in [5.74, 6) is -0.579. The van der Waals surface area contributed by atoms with E-state index in [2.05, 4.69) is 4.98 Å². The lowest BCUT2D eigenvalue weighted by Crippen LogP contribution is -2.22. The molecule has 0 aliphatic heterocycles. The van der Waals surface area contributed by atoms with E-state index in [9.17, 15) is 9.59 Å². The van der Waals surface area contributed by atoms with Crippen LogP contribution in [0.4, 0.5) is 0 Å². The van der Waals surface area contributed by atoms with E-state index in [-0.39, 0.29) is 31.3 Å². The number of hydrogen-bond acceptors (Lipinski definition) is 5. The van der Waals surface area contributed by atoms with Crippen LogP contribution in [0.15, 0.2) is 12.4 Å². The fraction of sp³-hybridized carbons (Fsp3) is 0.444. The first-order valence-electron chi connectivity index (χ1n) is 4.59. The van der Waals surface area contributed by atoms with E-state index in [0.717, 1.165) is 0 Å². The van der Waals surface area contributed by atoms with Crippen LogP contribution in [0.1, 0.15) is 17.5 Å². The minimum atomic E-state index is -0.535. The van der Waals surface area contributed by atoms with E-state index < -0.39 is 5.97 Å². The standard InChI is InChI=1S/C9H13N3O3/c1-2-15-9(14)8-11-3-4-12(8)6-7(13)5-10/h3-4H,2,5-6,10H2,1H3. The molecule has 0 bridgehead atoms. The summed E-state index contributed by atoms with van der Waals surface area (Å²) in [6.45, 7) is 1.97. The van der Waals surface area contributed by atoms with Gasteiger partial charge in [0.2, 0.25) is 5.82 Å². The summed E-state index contributed by atoms with van der Waals surface area (Å²) < 4.78 is 6.20.